The Morgan fingerprint density at radius 3 is 3.00 bits per heavy atom. The van der Waals surface area contributed by atoms with Crippen LogP contribution in [0.25, 0.3) is 0 Å². The van der Waals surface area contributed by atoms with Gasteiger partial charge in [-0.2, -0.15) is 5.10 Å². The number of hydrogen-bond acceptors (Lipinski definition) is 2. The van der Waals surface area contributed by atoms with Gasteiger partial charge in [-0.05, 0) is 51.1 Å². The zero-order chi connectivity index (χ0) is 11.7. The van der Waals surface area contributed by atoms with E-state index in [0.29, 0.717) is 0 Å². The van der Waals surface area contributed by atoms with Crippen molar-refractivity contribution in [3.63, 3.8) is 0 Å². The molecule has 0 amide bonds. The van der Waals surface area contributed by atoms with Crippen LogP contribution in [-0.4, -0.2) is 22.4 Å². The molecule has 2 aliphatic rings. The summed E-state index contributed by atoms with van der Waals surface area (Å²) in [6, 6.07) is 3.07. The summed E-state index contributed by atoms with van der Waals surface area (Å²) in [5.41, 5.74) is 1.47. The highest BCUT2D eigenvalue weighted by Crippen LogP contribution is 2.39. The largest absolute Gasteiger partial charge is 0.314 e. The molecule has 1 aromatic heterocycles. The average molecular weight is 233 g/mol. The van der Waals surface area contributed by atoms with Crippen molar-refractivity contribution in [2.24, 2.45) is 5.92 Å². The summed E-state index contributed by atoms with van der Waals surface area (Å²) < 4.78 is 2.18. The Morgan fingerprint density at radius 1 is 1.35 bits per heavy atom. The molecule has 0 spiro atoms. The van der Waals surface area contributed by atoms with E-state index >= 15 is 0 Å². The minimum atomic E-state index is 0.740. The number of aryl methyl sites for hydroxylation is 1. The summed E-state index contributed by atoms with van der Waals surface area (Å²) in [6.07, 6.45) is 8.87. The van der Waals surface area contributed by atoms with Gasteiger partial charge < -0.3 is 5.32 Å². The fraction of sp³-hybridized carbons (Fsp3) is 0.786. The lowest BCUT2D eigenvalue weighted by atomic mass is 9.92. The standard InChI is InChI=1S/C14H23N3/c1-2-17-14(8-9-16-17)13-5-3-4-11(13)10-15-12-6-7-12/h8-9,11-13,15H,2-7,10H2,1H3. The van der Waals surface area contributed by atoms with Crippen molar-refractivity contribution in [2.45, 2.75) is 57.5 Å². The van der Waals surface area contributed by atoms with Crippen molar-refractivity contribution >= 4 is 0 Å². The Kier molecular flexibility index (Phi) is 3.19. The van der Waals surface area contributed by atoms with Crippen LogP contribution in [0.4, 0.5) is 0 Å². The highest BCUT2D eigenvalue weighted by molar-refractivity contribution is 5.12. The Hall–Kier alpha value is -0.830. The smallest absolute Gasteiger partial charge is 0.0492 e. The lowest BCUT2D eigenvalue weighted by Gasteiger charge is -2.21. The molecule has 0 saturated heterocycles. The van der Waals surface area contributed by atoms with Crippen LogP contribution in [0.2, 0.25) is 0 Å². The van der Waals surface area contributed by atoms with E-state index in [0.717, 1.165) is 24.4 Å². The minimum absolute atomic E-state index is 0.740. The molecular formula is C14H23N3. The van der Waals surface area contributed by atoms with E-state index in [1.54, 1.807) is 0 Å². The zero-order valence-corrected chi connectivity index (χ0v) is 10.7. The molecule has 1 N–H and O–H groups in total. The molecule has 0 radical (unpaired) electrons. The first kappa shape index (κ1) is 11.3. The lowest BCUT2D eigenvalue weighted by Crippen LogP contribution is -2.27. The van der Waals surface area contributed by atoms with Gasteiger partial charge in [0, 0.05) is 30.4 Å². The van der Waals surface area contributed by atoms with Gasteiger partial charge in [0.05, 0.1) is 0 Å². The normalized spacial score (nSPS) is 28.8. The maximum absolute atomic E-state index is 4.42. The van der Waals surface area contributed by atoms with E-state index in [4.69, 9.17) is 0 Å². The first-order chi connectivity index (χ1) is 8.38. The first-order valence-electron chi connectivity index (χ1n) is 7.13. The van der Waals surface area contributed by atoms with Gasteiger partial charge in [-0.1, -0.05) is 6.42 Å². The SMILES string of the molecule is CCn1nccc1C1CCCC1CNC1CC1. The van der Waals surface area contributed by atoms with Crippen molar-refractivity contribution in [1.82, 2.24) is 15.1 Å². The summed E-state index contributed by atoms with van der Waals surface area (Å²) in [5, 5.41) is 8.12. The topological polar surface area (TPSA) is 29.9 Å². The van der Waals surface area contributed by atoms with Crippen LogP contribution >= 0.6 is 0 Å². The van der Waals surface area contributed by atoms with Gasteiger partial charge in [0.25, 0.3) is 0 Å². The molecule has 2 atom stereocenters. The quantitative estimate of drug-likeness (QED) is 0.847. The van der Waals surface area contributed by atoms with Crippen molar-refractivity contribution in [3.8, 4) is 0 Å². The summed E-state index contributed by atoms with van der Waals surface area (Å²) >= 11 is 0. The van der Waals surface area contributed by atoms with E-state index < -0.39 is 0 Å². The average Bonchev–Trinajstić information content (AvgIpc) is 2.89. The molecule has 2 unspecified atom stereocenters. The zero-order valence-electron chi connectivity index (χ0n) is 10.7. The predicted octanol–water partition coefficient (Wildman–Crippen LogP) is 2.54. The third-order valence-electron chi connectivity index (χ3n) is 4.33. The first-order valence-corrected chi connectivity index (χ1v) is 7.13. The second-order valence-electron chi connectivity index (χ2n) is 5.55. The highest BCUT2D eigenvalue weighted by Gasteiger charge is 2.32. The molecule has 0 bridgehead atoms. The monoisotopic (exact) mass is 233 g/mol. The van der Waals surface area contributed by atoms with Gasteiger partial charge in [0.1, 0.15) is 0 Å². The fourth-order valence-electron chi connectivity index (χ4n) is 3.20. The third-order valence-corrected chi connectivity index (χ3v) is 4.33. The van der Waals surface area contributed by atoms with E-state index in [1.807, 2.05) is 6.20 Å². The summed E-state index contributed by atoms with van der Waals surface area (Å²) in [7, 11) is 0. The molecule has 0 aromatic carbocycles. The van der Waals surface area contributed by atoms with Gasteiger partial charge in [0.15, 0.2) is 0 Å². The molecule has 94 valence electrons. The van der Waals surface area contributed by atoms with Crippen molar-refractivity contribution in [3.05, 3.63) is 18.0 Å². The van der Waals surface area contributed by atoms with Crippen LogP contribution in [0.1, 0.15) is 50.6 Å². The summed E-state index contributed by atoms with van der Waals surface area (Å²) in [4.78, 5) is 0. The van der Waals surface area contributed by atoms with Crippen molar-refractivity contribution in [1.29, 1.82) is 0 Å². The van der Waals surface area contributed by atoms with Gasteiger partial charge in [-0.15, -0.1) is 0 Å². The highest BCUT2D eigenvalue weighted by atomic mass is 15.3. The summed E-state index contributed by atoms with van der Waals surface area (Å²) in [5.74, 6) is 1.57. The van der Waals surface area contributed by atoms with Crippen LogP contribution < -0.4 is 5.32 Å². The van der Waals surface area contributed by atoms with Gasteiger partial charge in [-0.3, -0.25) is 4.68 Å². The van der Waals surface area contributed by atoms with Crippen molar-refractivity contribution in [2.75, 3.05) is 6.54 Å². The second kappa shape index (κ2) is 4.81. The van der Waals surface area contributed by atoms with Crippen LogP contribution in [0.3, 0.4) is 0 Å². The van der Waals surface area contributed by atoms with E-state index in [9.17, 15) is 0 Å². The Labute approximate surface area is 104 Å². The molecule has 2 fully saturated rings. The Balaban J connectivity index is 1.67. The third kappa shape index (κ3) is 2.39. The Morgan fingerprint density at radius 2 is 2.24 bits per heavy atom. The lowest BCUT2D eigenvalue weighted by molar-refractivity contribution is 0.420. The summed E-state index contributed by atoms with van der Waals surface area (Å²) in [6.45, 7) is 4.40. The molecule has 2 saturated carbocycles. The number of rotatable bonds is 5. The van der Waals surface area contributed by atoms with Gasteiger partial charge in [0.2, 0.25) is 0 Å². The molecule has 3 heteroatoms. The number of hydrogen-bond donors (Lipinski definition) is 1. The fourth-order valence-corrected chi connectivity index (χ4v) is 3.20. The Bertz CT molecular complexity index is 367. The molecule has 0 aliphatic heterocycles. The van der Waals surface area contributed by atoms with E-state index in [-0.39, 0.29) is 0 Å². The van der Waals surface area contributed by atoms with E-state index in [1.165, 1.54) is 44.3 Å². The predicted molar refractivity (Wildman–Crippen MR) is 69.0 cm³/mol. The number of aromatic nitrogens is 2. The van der Waals surface area contributed by atoms with Gasteiger partial charge >= 0.3 is 0 Å². The molecule has 17 heavy (non-hydrogen) atoms. The molecular weight excluding hydrogens is 210 g/mol. The van der Waals surface area contributed by atoms with Crippen LogP contribution in [0, 0.1) is 5.92 Å². The maximum Gasteiger partial charge on any atom is 0.0492 e. The minimum Gasteiger partial charge on any atom is -0.314 e. The number of nitrogens with zero attached hydrogens (tertiary/aromatic N) is 2. The van der Waals surface area contributed by atoms with Crippen LogP contribution in [0.15, 0.2) is 12.3 Å². The van der Waals surface area contributed by atoms with E-state index in [2.05, 4.69) is 28.1 Å². The molecule has 1 heterocycles. The number of nitrogens with one attached hydrogen (secondary N) is 1. The maximum atomic E-state index is 4.42. The van der Waals surface area contributed by atoms with Crippen LogP contribution in [-0.2, 0) is 6.54 Å². The van der Waals surface area contributed by atoms with Gasteiger partial charge in [-0.25, -0.2) is 0 Å². The van der Waals surface area contributed by atoms with Crippen LogP contribution in [0.5, 0.6) is 0 Å². The second-order valence-corrected chi connectivity index (χ2v) is 5.55. The molecule has 3 rings (SSSR count). The molecule has 1 aromatic rings. The van der Waals surface area contributed by atoms with Crippen molar-refractivity contribution < 1.29 is 0 Å². The molecule has 2 aliphatic carbocycles. The molecule has 3 nitrogen and oxygen atoms in total.